The molecule has 2 aromatic rings. The molecule has 2 aliphatic rings. The van der Waals surface area contributed by atoms with Crippen LogP contribution in [0.1, 0.15) is 44.6 Å². The molecule has 0 saturated carbocycles. The molecule has 1 amide bonds. The van der Waals surface area contributed by atoms with Crippen molar-refractivity contribution in [2.45, 2.75) is 45.1 Å². The standard InChI is InChI=1S/C20H25N3OS/c1-13(2)14-3-5-15(6-4-14)18-12-25-20(22-18)23-10-9-17-16(11-23)7-8-19(24)21-17/h3-6,12-13,16-17H,7-11H2,1-2H3,(H,21,24). The summed E-state index contributed by atoms with van der Waals surface area (Å²) >= 11 is 1.73. The number of piperidine rings is 2. The van der Waals surface area contributed by atoms with Crippen LogP contribution in [0, 0.1) is 5.92 Å². The number of nitrogens with one attached hydrogen (secondary N) is 1. The minimum atomic E-state index is 0.219. The first-order valence-electron chi connectivity index (χ1n) is 9.20. The van der Waals surface area contributed by atoms with Crippen LogP contribution in [0.2, 0.25) is 0 Å². The van der Waals surface area contributed by atoms with Crippen molar-refractivity contribution < 1.29 is 4.79 Å². The van der Waals surface area contributed by atoms with E-state index in [0.29, 0.717) is 24.3 Å². The molecule has 2 fully saturated rings. The molecule has 3 heterocycles. The van der Waals surface area contributed by atoms with Gasteiger partial charge in [0, 0.05) is 36.5 Å². The fraction of sp³-hybridized carbons (Fsp3) is 0.500. The molecule has 0 aliphatic carbocycles. The minimum absolute atomic E-state index is 0.219. The van der Waals surface area contributed by atoms with E-state index in [0.717, 1.165) is 36.8 Å². The average molecular weight is 356 g/mol. The van der Waals surface area contributed by atoms with Crippen molar-refractivity contribution in [1.82, 2.24) is 10.3 Å². The molecule has 5 heteroatoms. The van der Waals surface area contributed by atoms with Gasteiger partial charge in [0.15, 0.2) is 5.13 Å². The number of hydrogen-bond donors (Lipinski definition) is 1. The van der Waals surface area contributed by atoms with Gasteiger partial charge in [-0.05, 0) is 30.2 Å². The first-order valence-corrected chi connectivity index (χ1v) is 10.1. The third-order valence-corrected chi connectivity index (χ3v) is 6.36. The Morgan fingerprint density at radius 2 is 2.04 bits per heavy atom. The van der Waals surface area contributed by atoms with E-state index >= 15 is 0 Å². The topological polar surface area (TPSA) is 45.2 Å². The molecule has 1 N–H and O–H groups in total. The van der Waals surface area contributed by atoms with Gasteiger partial charge in [-0.25, -0.2) is 4.98 Å². The summed E-state index contributed by atoms with van der Waals surface area (Å²) in [6.07, 6.45) is 2.69. The van der Waals surface area contributed by atoms with Gasteiger partial charge in [0.1, 0.15) is 0 Å². The van der Waals surface area contributed by atoms with Crippen molar-refractivity contribution in [2.75, 3.05) is 18.0 Å². The smallest absolute Gasteiger partial charge is 0.220 e. The molecular weight excluding hydrogens is 330 g/mol. The van der Waals surface area contributed by atoms with E-state index in [1.54, 1.807) is 11.3 Å². The lowest BCUT2D eigenvalue weighted by Crippen LogP contribution is -2.54. The van der Waals surface area contributed by atoms with E-state index in [1.807, 2.05) is 0 Å². The molecule has 25 heavy (non-hydrogen) atoms. The van der Waals surface area contributed by atoms with E-state index < -0.39 is 0 Å². The number of carbonyl (C=O) groups is 1. The lowest BCUT2D eigenvalue weighted by Gasteiger charge is -2.41. The van der Waals surface area contributed by atoms with Crippen molar-refractivity contribution in [1.29, 1.82) is 0 Å². The van der Waals surface area contributed by atoms with Crippen molar-refractivity contribution in [3.8, 4) is 11.3 Å². The molecule has 132 valence electrons. The fourth-order valence-electron chi connectivity index (χ4n) is 3.86. The second kappa shape index (κ2) is 6.79. The quantitative estimate of drug-likeness (QED) is 0.904. The second-order valence-corrected chi connectivity index (χ2v) is 8.34. The van der Waals surface area contributed by atoms with Crippen molar-refractivity contribution in [3.63, 3.8) is 0 Å². The van der Waals surface area contributed by atoms with Crippen LogP contribution in [-0.2, 0) is 4.79 Å². The maximum absolute atomic E-state index is 11.6. The predicted molar refractivity (Wildman–Crippen MR) is 103 cm³/mol. The molecule has 0 radical (unpaired) electrons. The van der Waals surface area contributed by atoms with Gasteiger partial charge in [0.2, 0.25) is 5.91 Å². The van der Waals surface area contributed by atoms with E-state index in [-0.39, 0.29) is 5.91 Å². The average Bonchev–Trinajstić information content (AvgIpc) is 3.11. The zero-order chi connectivity index (χ0) is 17.4. The van der Waals surface area contributed by atoms with Crippen molar-refractivity contribution in [3.05, 3.63) is 35.2 Å². The zero-order valence-electron chi connectivity index (χ0n) is 14.9. The Balaban J connectivity index is 1.47. The number of aromatic nitrogens is 1. The molecule has 0 bridgehead atoms. The lowest BCUT2D eigenvalue weighted by molar-refractivity contribution is -0.124. The number of hydrogen-bond acceptors (Lipinski definition) is 4. The maximum atomic E-state index is 11.6. The summed E-state index contributed by atoms with van der Waals surface area (Å²) in [4.78, 5) is 18.8. The van der Waals surface area contributed by atoms with Crippen LogP contribution in [0.4, 0.5) is 5.13 Å². The van der Waals surface area contributed by atoms with Gasteiger partial charge >= 0.3 is 0 Å². The molecule has 1 aromatic heterocycles. The highest BCUT2D eigenvalue weighted by molar-refractivity contribution is 7.14. The van der Waals surface area contributed by atoms with Crippen LogP contribution in [0.25, 0.3) is 11.3 Å². The molecular formula is C20H25N3OS. The van der Waals surface area contributed by atoms with Gasteiger partial charge in [-0.3, -0.25) is 4.79 Å². The molecule has 2 aliphatic heterocycles. The van der Waals surface area contributed by atoms with E-state index in [2.05, 4.69) is 53.7 Å². The van der Waals surface area contributed by atoms with Crippen LogP contribution in [0.15, 0.2) is 29.6 Å². The van der Waals surface area contributed by atoms with Gasteiger partial charge < -0.3 is 10.2 Å². The Kier molecular flexibility index (Phi) is 4.50. The normalized spacial score (nSPS) is 23.5. The highest BCUT2D eigenvalue weighted by atomic mass is 32.1. The van der Waals surface area contributed by atoms with Gasteiger partial charge in [-0.2, -0.15) is 0 Å². The summed E-state index contributed by atoms with van der Waals surface area (Å²) in [5.41, 5.74) is 3.61. The Morgan fingerprint density at radius 1 is 1.24 bits per heavy atom. The lowest BCUT2D eigenvalue weighted by atomic mass is 9.85. The molecule has 1 aromatic carbocycles. The van der Waals surface area contributed by atoms with E-state index in [9.17, 15) is 4.79 Å². The summed E-state index contributed by atoms with van der Waals surface area (Å²) in [7, 11) is 0. The van der Waals surface area contributed by atoms with Crippen LogP contribution >= 0.6 is 11.3 Å². The van der Waals surface area contributed by atoms with E-state index in [4.69, 9.17) is 4.98 Å². The van der Waals surface area contributed by atoms with Crippen molar-refractivity contribution in [2.24, 2.45) is 5.92 Å². The highest BCUT2D eigenvalue weighted by Crippen LogP contribution is 2.33. The molecule has 2 atom stereocenters. The summed E-state index contributed by atoms with van der Waals surface area (Å²) in [5, 5.41) is 6.42. The Labute approximate surface area is 153 Å². The first-order chi connectivity index (χ1) is 12.1. The zero-order valence-corrected chi connectivity index (χ0v) is 15.7. The maximum Gasteiger partial charge on any atom is 0.220 e. The second-order valence-electron chi connectivity index (χ2n) is 7.50. The van der Waals surface area contributed by atoms with Crippen LogP contribution < -0.4 is 10.2 Å². The van der Waals surface area contributed by atoms with Crippen LogP contribution in [-0.4, -0.2) is 30.0 Å². The number of thiazole rings is 1. The highest BCUT2D eigenvalue weighted by Gasteiger charge is 2.34. The summed E-state index contributed by atoms with van der Waals surface area (Å²) in [6, 6.07) is 9.12. The molecule has 4 nitrogen and oxygen atoms in total. The fourth-order valence-corrected chi connectivity index (χ4v) is 4.74. The third kappa shape index (κ3) is 3.43. The van der Waals surface area contributed by atoms with Crippen molar-refractivity contribution >= 4 is 22.4 Å². The number of anilines is 1. The molecule has 2 saturated heterocycles. The Morgan fingerprint density at radius 3 is 2.80 bits per heavy atom. The van der Waals surface area contributed by atoms with E-state index in [1.165, 1.54) is 11.1 Å². The first kappa shape index (κ1) is 16.6. The number of benzene rings is 1. The van der Waals surface area contributed by atoms with Gasteiger partial charge in [-0.1, -0.05) is 38.1 Å². The third-order valence-electron chi connectivity index (χ3n) is 5.46. The van der Waals surface area contributed by atoms with Gasteiger partial charge in [0.25, 0.3) is 0 Å². The largest absolute Gasteiger partial charge is 0.353 e. The number of amides is 1. The molecule has 4 rings (SSSR count). The molecule has 2 unspecified atom stereocenters. The van der Waals surface area contributed by atoms with Gasteiger partial charge in [-0.15, -0.1) is 11.3 Å². The summed E-state index contributed by atoms with van der Waals surface area (Å²) < 4.78 is 0. The van der Waals surface area contributed by atoms with Gasteiger partial charge in [0.05, 0.1) is 5.69 Å². The monoisotopic (exact) mass is 355 g/mol. The minimum Gasteiger partial charge on any atom is -0.353 e. The van der Waals surface area contributed by atoms with Crippen LogP contribution in [0.3, 0.4) is 0 Å². The Hall–Kier alpha value is -1.88. The summed E-state index contributed by atoms with van der Waals surface area (Å²) in [6.45, 7) is 6.41. The molecule has 0 spiro atoms. The number of rotatable bonds is 3. The summed E-state index contributed by atoms with van der Waals surface area (Å²) in [5.74, 6) is 1.33. The Bertz CT molecular complexity index is 753. The predicted octanol–water partition coefficient (Wildman–Crippen LogP) is 4.04. The number of nitrogens with zero attached hydrogens (tertiary/aromatic N) is 2. The number of fused-ring (bicyclic) bond motifs is 1. The van der Waals surface area contributed by atoms with Crippen LogP contribution in [0.5, 0.6) is 0 Å². The SMILES string of the molecule is CC(C)c1ccc(-c2csc(N3CCC4NC(=O)CCC4C3)n2)cc1. The number of carbonyl (C=O) groups excluding carboxylic acids is 1.